The molecule has 10 heavy (non-hydrogen) atoms. The van der Waals surface area contributed by atoms with Gasteiger partial charge >= 0.3 is 0 Å². The summed E-state index contributed by atoms with van der Waals surface area (Å²) in [6, 6.07) is 0. The van der Waals surface area contributed by atoms with Crippen LogP contribution < -0.4 is 0 Å². The van der Waals surface area contributed by atoms with E-state index >= 15 is 0 Å². The molecular weight excluding hydrogens is 130 g/mol. The Morgan fingerprint density at radius 3 is 2.30 bits per heavy atom. The van der Waals surface area contributed by atoms with Gasteiger partial charge in [0, 0.05) is 6.61 Å². The predicted octanol–water partition coefficient (Wildman–Crippen LogP) is -0.114. The summed E-state index contributed by atoms with van der Waals surface area (Å²) in [7, 11) is 2.09. The van der Waals surface area contributed by atoms with E-state index in [-0.39, 0.29) is 5.48 Å². The average molecular weight is 149 g/mol. The van der Waals surface area contributed by atoms with Crippen LogP contribution >= 0.6 is 0 Å². The van der Waals surface area contributed by atoms with E-state index in [2.05, 4.69) is 18.9 Å². The lowest BCUT2D eigenvalue weighted by Crippen LogP contribution is -2.18. The Bertz CT molecular complexity index is 59.6. The fourth-order valence-electron chi connectivity index (χ4n) is 0.652. The minimum Gasteiger partial charge on any atom is -0.412 e. The van der Waals surface area contributed by atoms with E-state index in [1.165, 1.54) is 0 Å². The van der Waals surface area contributed by atoms with Gasteiger partial charge in [0.15, 0.2) is 0 Å². The van der Waals surface area contributed by atoms with Crippen LogP contribution in [0, 0.1) is 0 Å². The third kappa shape index (κ3) is 7.88. The first kappa shape index (κ1) is 12.5. The molecule has 0 saturated carbocycles. The summed E-state index contributed by atoms with van der Waals surface area (Å²) in [6.45, 7) is 4.68. The van der Waals surface area contributed by atoms with E-state index < -0.39 is 0 Å². The van der Waals surface area contributed by atoms with Gasteiger partial charge in [0.05, 0.1) is 0 Å². The summed E-state index contributed by atoms with van der Waals surface area (Å²) in [5, 5.41) is 8.43. The lowest BCUT2D eigenvalue weighted by atomic mass is 10.3. The average Bonchev–Trinajstić information content (AvgIpc) is 1.89. The first-order valence-corrected chi connectivity index (χ1v) is 3.60. The molecule has 0 aromatic rings. The highest BCUT2D eigenvalue weighted by Gasteiger charge is 1.91. The fourth-order valence-corrected chi connectivity index (χ4v) is 0.652. The maximum Gasteiger partial charge on any atom is 0.0431 e. The standard InChI is InChI=1S/C7H17NO.H2O/c1-3-8(2)6-4-5-7-9;/h9H,3-7H2,1-2H3;1H2. The van der Waals surface area contributed by atoms with Crippen LogP contribution in [-0.4, -0.2) is 42.2 Å². The number of aliphatic hydroxyl groups excluding tert-OH is 1. The van der Waals surface area contributed by atoms with Crippen LogP contribution in [-0.2, 0) is 0 Å². The van der Waals surface area contributed by atoms with Gasteiger partial charge in [-0.15, -0.1) is 0 Å². The number of nitrogens with zero attached hydrogens (tertiary/aromatic N) is 1. The molecule has 0 atom stereocenters. The SMILES string of the molecule is CCN(C)CCCCO.O. The molecule has 0 aromatic carbocycles. The van der Waals surface area contributed by atoms with E-state index in [4.69, 9.17) is 5.11 Å². The maximum atomic E-state index is 8.43. The van der Waals surface area contributed by atoms with Gasteiger partial charge in [-0.25, -0.2) is 0 Å². The van der Waals surface area contributed by atoms with Crippen molar-refractivity contribution in [2.45, 2.75) is 19.8 Å². The predicted molar refractivity (Wildman–Crippen MR) is 43.1 cm³/mol. The lowest BCUT2D eigenvalue weighted by Gasteiger charge is -2.11. The Morgan fingerprint density at radius 1 is 1.30 bits per heavy atom. The highest BCUT2D eigenvalue weighted by molar-refractivity contribution is 4.46. The fraction of sp³-hybridized carbons (Fsp3) is 1.00. The first-order chi connectivity index (χ1) is 4.31. The van der Waals surface area contributed by atoms with Crippen LogP contribution in [0.3, 0.4) is 0 Å². The summed E-state index contributed by atoms with van der Waals surface area (Å²) in [6.07, 6.45) is 2.05. The molecule has 0 heterocycles. The van der Waals surface area contributed by atoms with Crippen molar-refractivity contribution in [2.24, 2.45) is 0 Å². The molecule has 0 saturated heterocycles. The van der Waals surface area contributed by atoms with Crippen molar-refractivity contribution in [3.8, 4) is 0 Å². The second-order valence-corrected chi connectivity index (χ2v) is 2.33. The number of hydrogen-bond donors (Lipinski definition) is 1. The molecule has 0 amide bonds. The highest BCUT2D eigenvalue weighted by atomic mass is 16.2. The Hall–Kier alpha value is -0.120. The van der Waals surface area contributed by atoms with Gasteiger partial charge in [-0.05, 0) is 33.0 Å². The third-order valence-electron chi connectivity index (χ3n) is 1.49. The molecule has 0 aliphatic carbocycles. The molecule has 0 spiro atoms. The van der Waals surface area contributed by atoms with E-state index in [0.717, 1.165) is 25.9 Å². The van der Waals surface area contributed by atoms with E-state index in [1.807, 2.05) is 0 Å². The van der Waals surface area contributed by atoms with Crippen molar-refractivity contribution in [1.82, 2.24) is 4.90 Å². The Labute approximate surface area is 63.0 Å². The van der Waals surface area contributed by atoms with Crippen molar-refractivity contribution < 1.29 is 10.6 Å². The second kappa shape index (κ2) is 8.88. The summed E-state index contributed by atoms with van der Waals surface area (Å²) in [5.41, 5.74) is 0. The van der Waals surface area contributed by atoms with Gasteiger partial charge in [0.25, 0.3) is 0 Å². The van der Waals surface area contributed by atoms with Crippen molar-refractivity contribution in [3.63, 3.8) is 0 Å². The molecule has 64 valence electrons. The van der Waals surface area contributed by atoms with Gasteiger partial charge in [-0.3, -0.25) is 0 Å². The normalized spacial score (nSPS) is 9.60. The smallest absolute Gasteiger partial charge is 0.0431 e. The third-order valence-corrected chi connectivity index (χ3v) is 1.49. The van der Waals surface area contributed by atoms with E-state index in [0.29, 0.717) is 6.61 Å². The van der Waals surface area contributed by atoms with E-state index in [9.17, 15) is 0 Å². The summed E-state index contributed by atoms with van der Waals surface area (Å²) in [5.74, 6) is 0. The molecule has 0 radical (unpaired) electrons. The van der Waals surface area contributed by atoms with Crippen molar-refractivity contribution >= 4 is 0 Å². The number of rotatable bonds is 5. The minimum absolute atomic E-state index is 0. The largest absolute Gasteiger partial charge is 0.412 e. The number of aliphatic hydroxyl groups is 1. The minimum atomic E-state index is 0. The Morgan fingerprint density at radius 2 is 1.90 bits per heavy atom. The molecular formula is C7H19NO2. The van der Waals surface area contributed by atoms with Crippen LogP contribution in [0.25, 0.3) is 0 Å². The molecule has 0 fully saturated rings. The molecule has 3 nitrogen and oxygen atoms in total. The van der Waals surface area contributed by atoms with Gasteiger partial charge < -0.3 is 15.5 Å². The highest BCUT2D eigenvalue weighted by Crippen LogP contribution is 1.89. The van der Waals surface area contributed by atoms with E-state index in [1.54, 1.807) is 0 Å². The molecule has 0 aliphatic rings. The zero-order valence-electron chi connectivity index (χ0n) is 6.93. The molecule has 3 N–H and O–H groups in total. The monoisotopic (exact) mass is 149 g/mol. The zero-order valence-corrected chi connectivity index (χ0v) is 6.93. The van der Waals surface area contributed by atoms with Gasteiger partial charge in [0.1, 0.15) is 0 Å². The number of hydrogen-bond acceptors (Lipinski definition) is 2. The summed E-state index contributed by atoms with van der Waals surface area (Å²) in [4.78, 5) is 2.25. The Balaban J connectivity index is 0. The van der Waals surface area contributed by atoms with Crippen molar-refractivity contribution in [1.29, 1.82) is 0 Å². The molecule has 0 bridgehead atoms. The first-order valence-electron chi connectivity index (χ1n) is 3.60. The van der Waals surface area contributed by atoms with Gasteiger partial charge in [0.2, 0.25) is 0 Å². The molecule has 0 rings (SSSR count). The van der Waals surface area contributed by atoms with Gasteiger partial charge in [-0.2, -0.15) is 0 Å². The van der Waals surface area contributed by atoms with Crippen molar-refractivity contribution in [3.05, 3.63) is 0 Å². The summed E-state index contributed by atoms with van der Waals surface area (Å²) >= 11 is 0. The summed E-state index contributed by atoms with van der Waals surface area (Å²) < 4.78 is 0. The van der Waals surface area contributed by atoms with Crippen LogP contribution in [0.2, 0.25) is 0 Å². The molecule has 0 unspecified atom stereocenters. The number of unbranched alkanes of at least 4 members (excludes halogenated alkanes) is 1. The van der Waals surface area contributed by atoms with Crippen LogP contribution in [0.4, 0.5) is 0 Å². The second-order valence-electron chi connectivity index (χ2n) is 2.33. The van der Waals surface area contributed by atoms with Crippen molar-refractivity contribution in [2.75, 3.05) is 26.7 Å². The van der Waals surface area contributed by atoms with Crippen LogP contribution in [0.1, 0.15) is 19.8 Å². The van der Waals surface area contributed by atoms with Gasteiger partial charge in [-0.1, -0.05) is 6.92 Å². The quantitative estimate of drug-likeness (QED) is 0.554. The van der Waals surface area contributed by atoms with Crippen LogP contribution in [0.5, 0.6) is 0 Å². The molecule has 0 aromatic heterocycles. The lowest BCUT2D eigenvalue weighted by molar-refractivity contribution is 0.267. The molecule has 0 aliphatic heterocycles. The topological polar surface area (TPSA) is 55.0 Å². The van der Waals surface area contributed by atoms with Crippen LogP contribution in [0.15, 0.2) is 0 Å². The zero-order chi connectivity index (χ0) is 7.11. The molecule has 3 heteroatoms. The Kier molecular flexibility index (Phi) is 11.1. The maximum absolute atomic E-state index is 8.43.